The number of ketones is 1. The fourth-order valence-electron chi connectivity index (χ4n) is 1.97. The average Bonchev–Trinajstić information content (AvgIpc) is 2.59. The van der Waals surface area contributed by atoms with Gasteiger partial charge in [-0.1, -0.05) is 18.2 Å². The van der Waals surface area contributed by atoms with E-state index in [1.165, 1.54) is 6.08 Å². The number of allylic oxidation sites excluding steroid dienone is 1. The summed E-state index contributed by atoms with van der Waals surface area (Å²) < 4.78 is 5.29. The Balaban J connectivity index is 2.21. The van der Waals surface area contributed by atoms with Crippen molar-refractivity contribution >= 4 is 23.6 Å². The maximum absolute atomic E-state index is 12.2. The third-order valence-electron chi connectivity index (χ3n) is 3.11. The van der Waals surface area contributed by atoms with Crippen LogP contribution in [0.2, 0.25) is 0 Å². The first-order valence-electron chi connectivity index (χ1n) is 6.62. The van der Waals surface area contributed by atoms with Gasteiger partial charge in [0.2, 0.25) is 0 Å². The number of hydrogen-bond donors (Lipinski definition) is 0. The number of hydrogen-bond acceptors (Lipinski definition) is 4. The van der Waals surface area contributed by atoms with Crippen molar-refractivity contribution in [1.29, 1.82) is 5.26 Å². The molecule has 0 fully saturated rings. The third kappa shape index (κ3) is 3.78. The van der Waals surface area contributed by atoms with E-state index in [4.69, 9.17) is 10.00 Å². The molecule has 4 heteroatoms. The van der Waals surface area contributed by atoms with Gasteiger partial charge in [0.15, 0.2) is 5.78 Å². The first-order chi connectivity index (χ1) is 10.7. The lowest BCUT2D eigenvalue weighted by Gasteiger charge is -2.07. The van der Waals surface area contributed by atoms with Crippen LogP contribution in [0.4, 0.5) is 0 Å². The first kappa shape index (κ1) is 15.9. The summed E-state index contributed by atoms with van der Waals surface area (Å²) in [7, 11) is 1.59. The second-order valence-corrected chi connectivity index (χ2v) is 5.35. The van der Waals surface area contributed by atoms with E-state index in [1.807, 2.05) is 18.4 Å². The molecule has 0 spiro atoms. The van der Waals surface area contributed by atoms with Crippen LogP contribution < -0.4 is 4.74 Å². The van der Waals surface area contributed by atoms with E-state index in [2.05, 4.69) is 6.07 Å². The Bertz CT molecular complexity index is 760. The molecule has 0 bridgehead atoms. The van der Waals surface area contributed by atoms with Crippen molar-refractivity contribution in [2.45, 2.75) is 4.90 Å². The van der Waals surface area contributed by atoms with Gasteiger partial charge in [0.25, 0.3) is 0 Å². The predicted molar refractivity (Wildman–Crippen MR) is 89.3 cm³/mol. The summed E-state index contributed by atoms with van der Waals surface area (Å²) in [4.78, 5) is 13.2. The minimum Gasteiger partial charge on any atom is -0.496 e. The first-order valence-corrected chi connectivity index (χ1v) is 7.85. The second kappa shape index (κ2) is 7.48. The highest BCUT2D eigenvalue weighted by molar-refractivity contribution is 7.98. The molecule has 0 aliphatic rings. The summed E-state index contributed by atoms with van der Waals surface area (Å²) >= 11 is 1.57. The van der Waals surface area contributed by atoms with Crippen LogP contribution >= 0.6 is 11.8 Å². The molecule has 0 amide bonds. The fraction of sp³-hybridized carbons (Fsp3) is 0.111. The minimum absolute atomic E-state index is 0.103. The standard InChI is InChI=1S/C18H15NO2S/c1-21-17-11-15(7-9-18(17)22-2)16(20)8-6-13-4-3-5-14(10-13)12-19/h3-11H,1-2H3/b8-6+. The molecular weight excluding hydrogens is 294 g/mol. The van der Waals surface area contributed by atoms with E-state index < -0.39 is 0 Å². The Morgan fingerprint density at radius 1 is 1.27 bits per heavy atom. The van der Waals surface area contributed by atoms with Crippen LogP contribution in [0.25, 0.3) is 6.08 Å². The van der Waals surface area contributed by atoms with Crippen molar-refractivity contribution in [1.82, 2.24) is 0 Å². The zero-order valence-electron chi connectivity index (χ0n) is 12.4. The molecule has 0 saturated heterocycles. The number of nitrogens with zero attached hydrogens (tertiary/aromatic N) is 1. The van der Waals surface area contributed by atoms with Crippen molar-refractivity contribution in [2.24, 2.45) is 0 Å². The zero-order chi connectivity index (χ0) is 15.9. The van der Waals surface area contributed by atoms with Crippen LogP contribution in [-0.2, 0) is 0 Å². The molecule has 0 radical (unpaired) electrons. The van der Waals surface area contributed by atoms with Crippen LogP contribution in [0.1, 0.15) is 21.5 Å². The van der Waals surface area contributed by atoms with Crippen LogP contribution in [0.3, 0.4) is 0 Å². The SMILES string of the molecule is COc1cc(C(=O)/C=C/c2cccc(C#N)c2)ccc1SC. The number of benzene rings is 2. The summed E-state index contributed by atoms with van der Waals surface area (Å²) in [5, 5.41) is 8.87. The van der Waals surface area contributed by atoms with Crippen LogP contribution in [0, 0.1) is 11.3 Å². The topological polar surface area (TPSA) is 50.1 Å². The number of nitriles is 1. The highest BCUT2D eigenvalue weighted by Crippen LogP contribution is 2.28. The van der Waals surface area contributed by atoms with E-state index in [9.17, 15) is 4.79 Å². The largest absolute Gasteiger partial charge is 0.496 e. The molecule has 2 aromatic rings. The Morgan fingerprint density at radius 2 is 2.09 bits per heavy atom. The Labute approximate surface area is 134 Å². The smallest absolute Gasteiger partial charge is 0.185 e. The van der Waals surface area contributed by atoms with Crippen LogP contribution in [0.15, 0.2) is 53.4 Å². The average molecular weight is 309 g/mol. The molecule has 2 rings (SSSR count). The molecule has 3 nitrogen and oxygen atoms in total. The molecular formula is C18H15NO2S. The van der Waals surface area contributed by atoms with Gasteiger partial charge in [-0.25, -0.2) is 0 Å². The Morgan fingerprint density at radius 3 is 2.77 bits per heavy atom. The highest BCUT2D eigenvalue weighted by Gasteiger charge is 2.07. The number of carbonyl (C=O) groups is 1. The van der Waals surface area contributed by atoms with Crippen LogP contribution in [0.5, 0.6) is 5.75 Å². The number of methoxy groups -OCH3 is 1. The lowest BCUT2D eigenvalue weighted by Crippen LogP contribution is -1.96. The molecule has 0 aliphatic carbocycles. The van der Waals surface area contributed by atoms with E-state index >= 15 is 0 Å². The monoisotopic (exact) mass is 309 g/mol. The van der Waals surface area contributed by atoms with E-state index in [0.717, 1.165) is 10.5 Å². The fourth-order valence-corrected chi connectivity index (χ4v) is 2.52. The van der Waals surface area contributed by atoms with Crippen LogP contribution in [-0.4, -0.2) is 19.1 Å². The van der Waals surface area contributed by atoms with Crippen molar-refractivity contribution < 1.29 is 9.53 Å². The van der Waals surface area contributed by atoms with Crippen molar-refractivity contribution in [2.75, 3.05) is 13.4 Å². The van der Waals surface area contributed by atoms with E-state index in [1.54, 1.807) is 55.3 Å². The van der Waals surface area contributed by atoms with Gasteiger partial charge in [-0.05, 0) is 48.2 Å². The van der Waals surface area contributed by atoms with Crippen molar-refractivity contribution in [3.05, 3.63) is 65.2 Å². The van der Waals surface area contributed by atoms with Gasteiger partial charge >= 0.3 is 0 Å². The summed E-state index contributed by atoms with van der Waals surface area (Å²) in [6.07, 6.45) is 5.17. The second-order valence-electron chi connectivity index (χ2n) is 4.50. The molecule has 0 N–H and O–H groups in total. The lowest BCUT2D eigenvalue weighted by molar-refractivity contribution is 0.104. The molecule has 0 aliphatic heterocycles. The normalized spacial score (nSPS) is 10.4. The molecule has 110 valence electrons. The maximum atomic E-state index is 12.2. The molecule has 0 atom stereocenters. The number of carbonyl (C=O) groups excluding carboxylic acids is 1. The zero-order valence-corrected chi connectivity index (χ0v) is 13.2. The quantitative estimate of drug-likeness (QED) is 0.472. The van der Waals surface area contributed by atoms with Gasteiger partial charge in [0.1, 0.15) is 5.75 Å². The molecule has 0 unspecified atom stereocenters. The predicted octanol–water partition coefficient (Wildman–Crippen LogP) is 4.18. The number of thioether (sulfide) groups is 1. The van der Waals surface area contributed by atoms with Gasteiger partial charge in [-0.2, -0.15) is 5.26 Å². The molecule has 0 saturated carbocycles. The number of rotatable bonds is 5. The molecule has 2 aromatic carbocycles. The van der Waals surface area contributed by atoms with Crippen molar-refractivity contribution in [3.63, 3.8) is 0 Å². The maximum Gasteiger partial charge on any atom is 0.185 e. The summed E-state index contributed by atoms with van der Waals surface area (Å²) in [6, 6.07) is 14.6. The molecule has 22 heavy (non-hydrogen) atoms. The van der Waals surface area contributed by atoms with Gasteiger partial charge in [0, 0.05) is 10.5 Å². The van der Waals surface area contributed by atoms with Gasteiger partial charge in [-0.3, -0.25) is 4.79 Å². The lowest BCUT2D eigenvalue weighted by atomic mass is 10.1. The van der Waals surface area contributed by atoms with E-state index in [0.29, 0.717) is 16.9 Å². The Hall–Kier alpha value is -2.51. The Kier molecular flexibility index (Phi) is 5.40. The van der Waals surface area contributed by atoms with Gasteiger partial charge in [0.05, 0.1) is 18.7 Å². The van der Waals surface area contributed by atoms with Crippen molar-refractivity contribution in [3.8, 4) is 11.8 Å². The molecule has 0 heterocycles. The van der Waals surface area contributed by atoms with Gasteiger partial charge in [-0.15, -0.1) is 11.8 Å². The summed E-state index contributed by atoms with van der Waals surface area (Å²) in [5.74, 6) is 0.589. The van der Waals surface area contributed by atoms with Gasteiger partial charge < -0.3 is 4.74 Å². The number of ether oxygens (including phenoxy) is 1. The highest BCUT2D eigenvalue weighted by atomic mass is 32.2. The minimum atomic E-state index is -0.103. The summed E-state index contributed by atoms with van der Waals surface area (Å²) in [6.45, 7) is 0. The molecule has 0 aromatic heterocycles. The summed E-state index contributed by atoms with van der Waals surface area (Å²) in [5.41, 5.74) is 1.96. The third-order valence-corrected chi connectivity index (χ3v) is 3.89. The van der Waals surface area contributed by atoms with E-state index in [-0.39, 0.29) is 5.78 Å².